The fourth-order valence-corrected chi connectivity index (χ4v) is 2.00. The molecule has 1 heterocycles. The van der Waals surface area contributed by atoms with Crippen molar-refractivity contribution in [1.82, 2.24) is 15.1 Å². The molecule has 0 spiro atoms. The van der Waals surface area contributed by atoms with Crippen molar-refractivity contribution in [2.75, 3.05) is 33.7 Å². The number of carbonyl (C=O) groups is 3. The first kappa shape index (κ1) is 15.3. The van der Waals surface area contributed by atoms with Gasteiger partial charge >= 0.3 is 12.0 Å². The lowest BCUT2D eigenvalue weighted by molar-refractivity contribution is -0.137. The van der Waals surface area contributed by atoms with Crippen molar-refractivity contribution in [2.45, 2.75) is 19.3 Å². The summed E-state index contributed by atoms with van der Waals surface area (Å²) < 4.78 is 0. The van der Waals surface area contributed by atoms with Crippen LogP contribution in [0.1, 0.15) is 19.3 Å². The maximum Gasteiger partial charge on any atom is 0.317 e. The third-order valence-electron chi connectivity index (χ3n) is 3.23. The summed E-state index contributed by atoms with van der Waals surface area (Å²) in [7, 11) is 3.26. The molecule has 7 nitrogen and oxygen atoms in total. The van der Waals surface area contributed by atoms with E-state index in [0.717, 1.165) is 6.42 Å². The zero-order chi connectivity index (χ0) is 14.4. The lowest BCUT2D eigenvalue weighted by atomic mass is 10.0. The second-order valence-corrected chi connectivity index (χ2v) is 4.98. The van der Waals surface area contributed by atoms with Gasteiger partial charge in [0.15, 0.2) is 0 Å². The van der Waals surface area contributed by atoms with Gasteiger partial charge in [-0.05, 0) is 18.8 Å². The van der Waals surface area contributed by atoms with Crippen LogP contribution in [0.2, 0.25) is 0 Å². The maximum absolute atomic E-state index is 11.8. The minimum absolute atomic E-state index is 0.0118. The van der Waals surface area contributed by atoms with Crippen LogP contribution in [0, 0.1) is 5.92 Å². The van der Waals surface area contributed by atoms with Crippen molar-refractivity contribution in [3.63, 3.8) is 0 Å². The molecule has 1 saturated heterocycles. The summed E-state index contributed by atoms with van der Waals surface area (Å²) >= 11 is 0. The van der Waals surface area contributed by atoms with Gasteiger partial charge in [-0.2, -0.15) is 0 Å². The first-order valence-electron chi connectivity index (χ1n) is 6.35. The van der Waals surface area contributed by atoms with Gasteiger partial charge in [0, 0.05) is 33.6 Å². The number of hydrogen-bond donors (Lipinski definition) is 2. The first-order chi connectivity index (χ1) is 8.90. The number of carbonyl (C=O) groups excluding carboxylic acids is 2. The molecule has 0 aromatic heterocycles. The van der Waals surface area contributed by atoms with Crippen molar-refractivity contribution in [3.05, 3.63) is 0 Å². The van der Waals surface area contributed by atoms with Crippen LogP contribution < -0.4 is 5.32 Å². The van der Waals surface area contributed by atoms with Gasteiger partial charge in [0.25, 0.3) is 0 Å². The van der Waals surface area contributed by atoms with Crippen molar-refractivity contribution in [2.24, 2.45) is 5.92 Å². The maximum atomic E-state index is 11.8. The molecular weight excluding hydrogens is 250 g/mol. The Labute approximate surface area is 112 Å². The molecule has 0 radical (unpaired) electrons. The Kier molecular flexibility index (Phi) is 5.59. The average Bonchev–Trinajstić information content (AvgIpc) is 2.81. The molecule has 0 saturated carbocycles. The SMILES string of the molecule is CN(C)C(=O)CNC(=O)N1CCC(CCC(=O)O)C1. The number of carboxylic acid groups (broad SMARTS) is 1. The van der Waals surface area contributed by atoms with E-state index in [1.54, 1.807) is 19.0 Å². The van der Waals surface area contributed by atoms with Crippen molar-refractivity contribution in [1.29, 1.82) is 0 Å². The minimum Gasteiger partial charge on any atom is -0.481 e. The standard InChI is InChI=1S/C12H21N3O4/c1-14(2)10(16)7-13-12(19)15-6-5-9(8-15)3-4-11(17)18/h9H,3-8H2,1-2H3,(H,13,19)(H,17,18). The molecule has 1 aliphatic heterocycles. The van der Waals surface area contributed by atoms with Gasteiger partial charge in [-0.25, -0.2) is 4.79 Å². The van der Waals surface area contributed by atoms with Gasteiger partial charge in [-0.1, -0.05) is 0 Å². The second-order valence-electron chi connectivity index (χ2n) is 4.98. The van der Waals surface area contributed by atoms with E-state index in [0.29, 0.717) is 19.5 Å². The first-order valence-corrected chi connectivity index (χ1v) is 6.35. The molecule has 1 atom stereocenters. The molecular formula is C12H21N3O4. The summed E-state index contributed by atoms with van der Waals surface area (Å²) in [6.45, 7) is 1.17. The topological polar surface area (TPSA) is 90.0 Å². The predicted molar refractivity (Wildman–Crippen MR) is 68.6 cm³/mol. The molecule has 1 unspecified atom stereocenters. The number of carboxylic acids is 1. The van der Waals surface area contributed by atoms with Crippen molar-refractivity contribution < 1.29 is 19.5 Å². The fraction of sp³-hybridized carbons (Fsp3) is 0.750. The summed E-state index contributed by atoms with van der Waals surface area (Å²) in [5.74, 6) is -0.721. The molecule has 0 aromatic carbocycles. The summed E-state index contributed by atoms with van der Waals surface area (Å²) in [4.78, 5) is 36.6. The molecule has 19 heavy (non-hydrogen) atoms. The highest BCUT2D eigenvalue weighted by Gasteiger charge is 2.26. The van der Waals surface area contributed by atoms with Gasteiger partial charge in [0.2, 0.25) is 5.91 Å². The number of hydrogen-bond acceptors (Lipinski definition) is 3. The summed E-state index contributed by atoms with van der Waals surface area (Å²) in [6, 6.07) is -0.256. The van der Waals surface area contributed by atoms with Crippen LogP contribution in [0.4, 0.5) is 4.79 Å². The summed E-state index contributed by atoms with van der Waals surface area (Å²) in [6.07, 6.45) is 1.55. The lowest BCUT2D eigenvalue weighted by Gasteiger charge is -2.18. The second kappa shape index (κ2) is 6.96. The fourth-order valence-electron chi connectivity index (χ4n) is 2.00. The zero-order valence-electron chi connectivity index (χ0n) is 11.4. The third kappa shape index (κ3) is 5.15. The molecule has 2 N–H and O–H groups in total. The van der Waals surface area contributed by atoms with Gasteiger partial charge in [-0.15, -0.1) is 0 Å². The van der Waals surface area contributed by atoms with E-state index < -0.39 is 5.97 Å². The Hall–Kier alpha value is -1.79. The Balaban J connectivity index is 2.28. The lowest BCUT2D eigenvalue weighted by Crippen LogP contribution is -2.43. The molecule has 1 rings (SSSR count). The van der Waals surface area contributed by atoms with Crippen molar-refractivity contribution in [3.8, 4) is 0 Å². The Morgan fingerprint density at radius 2 is 2.05 bits per heavy atom. The van der Waals surface area contributed by atoms with E-state index in [4.69, 9.17) is 5.11 Å². The van der Waals surface area contributed by atoms with E-state index in [1.165, 1.54) is 4.90 Å². The number of likely N-dealkylation sites (tertiary alicyclic amines) is 1. The van der Waals surface area contributed by atoms with Gasteiger partial charge in [0.1, 0.15) is 0 Å². The number of amides is 3. The van der Waals surface area contributed by atoms with Crippen LogP contribution in [-0.2, 0) is 9.59 Å². The molecule has 108 valence electrons. The zero-order valence-corrected chi connectivity index (χ0v) is 11.4. The van der Waals surface area contributed by atoms with Crippen LogP contribution in [0.25, 0.3) is 0 Å². The highest BCUT2D eigenvalue weighted by atomic mass is 16.4. The monoisotopic (exact) mass is 271 g/mol. The number of rotatable bonds is 5. The predicted octanol–water partition coefficient (Wildman–Crippen LogP) is -0.0291. The Morgan fingerprint density at radius 3 is 2.63 bits per heavy atom. The largest absolute Gasteiger partial charge is 0.481 e. The van der Waals surface area contributed by atoms with Gasteiger partial charge in [0.05, 0.1) is 6.54 Å². The van der Waals surface area contributed by atoms with Gasteiger partial charge < -0.3 is 20.2 Å². The quantitative estimate of drug-likeness (QED) is 0.735. The van der Waals surface area contributed by atoms with E-state index >= 15 is 0 Å². The average molecular weight is 271 g/mol. The van der Waals surface area contributed by atoms with Crippen LogP contribution in [0.5, 0.6) is 0 Å². The number of nitrogens with one attached hydrogen (secondary N) is 1. The molecule has 7 heteroatoms. The molecule has 3 amide bonds. The van der Waals surface area contributed by atoms with Crippen molar-refractivity contribution >= 4 is 17.9 Å². The Bertz CT molecular complexity index is 357. The van der Waals surface area contributed by atoms with Crippen LogP contribution >= 0.6 is 0 Å². The van der Waals surface area contributed by atoms with Gasteiger partial charge in [-0.3, -0.25) is 9.59 Å². The highest BCUT2D eigenvalue weighted by Crippen LogP contribution is 2.20. The van der Waals surface area contributed by atoms with E-state index in [1.807, 2.05) is 0 Å². The third-order valence-corrected chi connectivity index (χ3v) is 3.23. The minimum atomic E-state index is -0.806. The molecule has 0 aromatic rings. The van der Waals surface area contributed by atoms with E-state index in [-0.39, 0.29) is 30.8 Å². The number of likely N-dealkylation sites (N-methyl/N-ethyl adjacent to an activating group) is 1. The smallest absolute Gasteiger partial charge is 0.317 e. The summed E-state index contributed by atoms with van der Waals surface area (Å²) in [5, 5.41) is 11.2. The highest BCUT2D eigenvalue weighted by molar-refractivity contribution is 5.83. The van der Waals surface area contributed by atoms with Crippen LogP contribution in [-0.4, -0.2) is 66.5 Å². The number of urea groups is 1. The molecule has 1 fully saturated rings. The Morgan fingerprint density at radius 1 is 1.37 bits per heavy atom. The van der Waals surface area contributed by atoms with E-state index in [9.17, 15) is 14.4 Å². The molecule has 0 aliphatic carbocycles. The number of aliphatic carboxylic acids is 1. The normalized spacial score (nSPS) is 18.2. The molecule has 0 bridgehead atoms. The van der Waals surface area contributed by atoms with E-state index in [2.05, 4.69) is 5.32 Å². The summed E-state index contributed by atoms with van der Waals surface area (Å²) in [5.41, 5.74) is 0. The van der Waals surface area contributed by atoms with Crippen LogP contribution in [0.15, 0.2) is 0 Å². The number of nitrogens with zero attached hydrogens (tertiary/aromatic N) is 2. The molecule has 1 aliphatic rings. The van der Waals surface area contributed by atoms with Crippen LogP contribution in [0.3, 0.4) is 0 Å².